The summed E-state index contributed by atoms with van der Waals surface area (Å²) in [6.45, 7) is 5.34. The van der Waals surface area contributed by atoms with Crippen molar-refractivity contribution in [3.8, 4) is 11.5 Å². The molecule has 0 aliphatic rings. The van der Waals surface area contributed by atoms with Gasteiger partial charge in [-0.3, -0.25) is 9.59 Å². The third-order valence-corrected chi connectivity index (χ3v) is 4.26. The minimum absolute atomic E-state index is 0.0470. The standard InChI is InChI=1S/C22H27FN2O4/c1-15(2)24-22(27)16(3)25(13-17-6-5-7-20(12-17)28-4)21(26)14-29-19-10-8-18(23)9-11-19/h5-12,15-16H,13-14H2,1-4H3,(H,24,27). The molecule has 29 heavy (non-hydrogen) atoms. The van der Waals surface area contributed by atoms with Crippen LogP contribution in [-0.2, 0) is 16.1 Å². The van der Waals surface area contributed by atoms with Crippen LogP contribution in [0.5, 0.6) is 11.5 Å². The molecule has 0 radical (unpaired) electrons. The van der Waals surface area contributed by atoms with Crippen molar-refractivity contribution in [1.82, 2.24) is 10.2 Å². The third-order valence-electron chi connectivity index (χ3n) is 4.26. The molecule has 1 atom stereocenters. The van der Waals surface area contributed by atoms with E-state index in [0.29, 0.717) is 11.5 Å². The van der Waals surface area contributed by atoms with Gasteiger partial charge in [0.25, 0.3) is 5.91 Å². The summed E-state index contributed by atoms with van der Waals surface area (Å²) in [4.78, 5) is 26.9. The highest BCUT2D eigenvalue weighted by Gasteiger charge is 2.27. The Bertz CT molecular complexity index is 824. The lowest BCUT2D eigenvalue weighted by Crippen LogP contribution is -2.50. The van der Waals surface area contributed by atoms with Crippen LogP contribution in [0, 0.1) is 5.82 Å². The Morgan fingerprint density at radius 1 is 1.07 bits per heavy atom. The Labute approximate surface area is 170 Å². The van der Waals surface area contributed by atoms with Crippen molar-refractivity contribution in [3.05, 3.63) is 59.9 Å². The number of rotatable bonds is 9. The number of amides is 2. The summed E-state index contributed by atoms with van der Waals surface area (Å²) in [5.74, 6) is 0.0426. The number of carbonyl (C=O) groups is 2. The Morgan fingerprint density at radius 2 is 1.76 bits per heavy atom. The molecule has 7 heteroatoms. The van der Waals surface area contributed by atoms with Crippen molar-refractivity contribution in [2.75, 3.05) is 13.7 Å². The highest BCUT2D eigenvalue weighted by atomic mass is 19.1. The van der Waals surface area contributed by atoms with Crippen molar-refractivity contribution in [3.63, 3.8) is 0 Å². The summed E-state index contributed by atoms with van der Waals surface area (Å²) in [5.41, 5.74) is 0.823. The number of methoxy groups -OCH3 is 1. The van der Waals surface area contributed by atoms with Gasteiger partial charge in [-0.25, -0.2) is 4.39 Å². The molecule has 156 valence electrons. The van der Waals surface area contributed by atoms with E-state index in [4.69, 9.17) is 9.47 Å². The first kappa shape index (κ1) is 22.2. The minimum Gasteiger partial charge on any atom is -0.497 e. The molecule has 2 rings (SSSR count). The number of halogens is 1. The highest BCUT2D eigenvalue weighted by Crippen LogP contribution is 2.17. The van der Waals surface area contributed by atoms with Gasteiger partial charge in [0.15, 0.2) is 6.61 Å². The molecule has 1 N–H and O–H groups in total. The second kappa shape index (κ2) is 10.5. The quantitative estimate of drug-likeness (QED) is 0.700. The number of hydrogen-bond donors (Lipinski definition) is 1. The minimum atomic E-state index is -0.701. The van der Waals surface area contributed by atoms with Gasteiger partial charge in [-0.1, -0.05) is 12.1 Å². The van der Waals surface area contributed by atoms with Crippen molar-refractivity contribution in [1.29, 1.82) is 0 Å². The Kier molecular flexibility index (Phi) is 8.00. The predicted molar refractivity (Wildman–Crippen MR) is 108 cm³/mol. The zero-order valence-corrected chi connectivity index (χ0v) is 17.1. The van der Waals surface area contributed by atoms with Gasteiger partial charge in [0.05, 0.1) is 7.11 Å². The van der Waals surface area contributed by atoms with Gasteiger partial charge in [0.2, 0.25) is 5.91 Å². The number of nitrogens with one attached hydrogen (secondary N) is 1. The van der Waals surface area contributed by atoms with E-state index in [2.05, 4.69) is 5.32 Å². The summed E-state index contributed by atoms with van der Waals surface area (Å²) in [7, 11) is 1.57. The van der Waals surface area contributed by atoms with Gasteiger partial charge in [-0.15, -0.1) is 0 Å². The lowest BCUT2D eigenvalue weighted by atomic mass is 10.1. The Morgan fingerprint density at radius 3 is 2.38 bits per heavy atom. The molecule has 2 aromatic carbocycles. The average molecular weight is 402 g/mol. The van der Waals surface area contributed by atoms with Gasteiger partial charge in [0, 0.05) is 12.6 Å². The Balaban J connectivity index is 2.16. The van der Waals surface area contributed by atoms with Crippen LogP contribution < -0.4 is 14.8 Å². The van der Waals surface area contributed by atoms with Gasteiger partial charge in [-0.05, 0) is 62.7 Å². The first-order valence-corrected chi connectivity index (χ1v) is 9.41. The first-order valence-electron chi connectivity index (χ1n) is 9.41. The summed E-state index contributed by atoms with van der Waals surface area (Å²) < 4.78 is 23.7. The molecular formula is C22H27FN2O4. The van der Waals surface area contributed by atoms with Gasteiger partial charge in [0.1, 0.15) is 23.4 Å². The van der Waals surface area contributed by atoms with E-state index < -0.39 is 6.04 Å². The molecule has 1 unspecified atom stereocenters. The van der Waals surface area contributed by atoms with Gasteiger partial charge < -0.3 is 19.7 Å². The maximum atomic E-state index is 13.0. The monoisotopic (exact) mass is 402 g/mol. The van der Waals surface area contributed by atoms with E-state index in [1.807, 2.05) is 38.1 Å². The zero-order valence-electron chi connectivity index (χ0n) is 17.1. The maximum absolute atomic E-state index is 13.0. The second-order valence-corrected chi connectivity index (χ2v) is 6.96. The molecule has 0 spiro atoms. The smallest absolute Gasteiger partial charge is 0.261 e. The van der Waals surface area contributed by atoms with Crippen LogP contribution in [0.1, 0.15) is 26.3 Å². The lowest BCUT2D eigenvalue weighted by molar-refractivity contribution is -0.142. The summed E-state index contributed by atoms with van der Waals surface area (Å²) in [6, 6.07) is 12.0. The molecule has 2 amide bonds. The predicted octanol–water partition coefficient (Wildman–Crippen LogP) is 3.16. The topological polar surface area (TPSA) is 67.9 Å². The third kappa shape index (κ3) is 6.78. The first-order chi connectivity index (χ1) is 13.8. The molecule has 0 aliphatic heterocycles. The fraction of sp³-hybridized carbons (Fsp3) is 0.364. The number of carbonyl (C=O) groups excluding carboxylic acids is 2. The average Bonchev–Trinajstić information content (AvgIpc) is 2.70. The van der Waals surface area contributed by atoms with E-state index in [1.54, 1.807) is 14.0 Å². The van der Waals surface area contributed by atoms with Gasteiger partial charge in [-0.2, -0.15) is 0 Å². The molecule has 0 heterocycles. The number of nitrogens with zero attached hydrogens (tertiary/aromatic N) is 1. The highest BCUT2D eigenvalue weighted by molar-refractivity contribution is 5.88. The molecular weight excluding hydrogens is 375 g/mol. The largest absolute Gasteiger partial charge is 0.497 e. The normalized spacial score (nSPS) is 11.7. The van der Waals surface area contributed by atoms with E-state index in [1.165, 1.54) is 29.2 Å². The summed E-state index contributed by atoms with van der Waals surface area (Å²) in [6.07, 6.45) is 0. The fourth-order valence-corrected chi connectivity index (χ4v) is 2.71. The van der Waals surface area contributed by atoms with Crippen LogP contribution in [0.25, 0.3) is 0 Å². The van der Waals surface area contributed by atoms with E-state index in [9.17, 15) is 14.0 Å². The van der Waals surface area contributed by atoms with Crippen molar-refractivity contribution >= 4 is 11.8 Å². The molecule has 2 aromatic rings. The van der Waals surface area contributed by atoms with Crippen LogP contribution in [0.2, 0.25) is 0 Å². The van der Waals surface area contributed by atoms with E-state index >= 15 is 0 Å². The molecule has 0 aromatic heterocycles. The number of hydrogen-bond acceptors (Lipinski definition) is 4. The van der Waals surface area contributed by atoms with Crippen LogP contribution in [0.4, 0.5) is 4.39 Å². The molecule has 0 saturated heterocycles. The molecule has 0 saturated carbocycles. The van der Waals surface area contributed by atoms with Crippen LogP contribution in [-0.4, -0.2) is 42.5 Å². The van der Waals surface area contributed by atoms with Gasteiger partial charge >= 0.3 is 0 Å². The maximum Gasteiger partial charge on any atom is 0.261 e. The lowest BCUT2D eigenvalue weighted by Gasteiger charge is -2.29. The summed E-state index contributed by atoms with van der Waals surface area (Å²) in [5, 5.41) is 2.83. The second-order valence-electron chi connectivity index (χ2n) is 6.96. The molecule has 6 nitrogen and oxygen atoms in total. The van der Waals surface area contributed by atoms with E-state index in [-0.39, 0.29) is 36.8 Å². The van der Waals surface area contributed by atoms with Crippen LogP contribution >= 0.6 is 0 Å². The molecule has 0 bridgehead atoms. The van der Waals surface area contributed by atoms with Crippen LogP contribution in [0.15, 0.2) is 48.5 Å². The van der Waals surface area contributed by atoms with Crippen molar-refractivity contribution in [2.45, 2.75) is 39.4 Å². The number of benzene rings is 2. The van der Waals surface area contributed by atoms with Crippen LogP contribution in [0.3, 0.4) is 0 Å². The number of ether oxygens (including phenoxy) is 2. The molecule has 0 fully saturated rings. The van der Waals surface area contributed by atoms with E-state index in [0.717, 1.165) is 5.56 Å². The molecule has 0 aliphatic carbocycles. The Hall–Kier alpha value is -3.09. The fourth-order valence-electron chi connectivity index (χ4n) is 2.71. The summed E-state index contributed by atoms with van der Waals surface area (Å²) >= 11 is 0. The van der Waals surface area contributed by atoms with Crippen molar-refractivity contribution in [2.24, 2.45) is 0 Å². The van der Waals surface area contributed by atoms with Crippen molar-refractivity contribution < 1.29 is 23.5 Å². The zero-order chi connectivity index (χ0) is 21.4. The SMILES string of the molecule is COc1cccc(CN(C(=O)COc2ccc(F)cc2)C(C)C(=O)NC(C)C)c1.